The molecule has 2 N–H and O–H groups in total. The molecule has 0 amide bonds. The number of hydrogen-bond acceptors (Lipinski definition) is 3. The first-order chi connectivity index (χ1) is 8.81. The normalized spacial score (nSPS) is 16.2. The Kier molecular flexibility index (Phi) is 3.35. The van der Waals surface area contributed by atoms with Crippen molar-refractivity contribution in [1.82, 2.24) is 4.90 Å². The van der Waals surface area contributed by atoms with Gasteiger partial charge in [0.15, 0.2) is 0 Å². The van der Waals surface area contributed by atoms with Crippen LogP contribution in [-0.2, 0) is 19.4 Å². The van der Waals surface area contributed by atoms with Crippen molar-refractivity contribution in [3.63, 3.8) is 0 Å². The third kappa shape index (κ3) is 2.57. The van der Waals surface area contributed by atoms with Gasteiger partial charge < -0.3 is 5.73 Å². The number of benzene rings is 1. The molecule has 0 saturated carbocycles. The van der Waals surface area contributed by atoms with Crippen LogP contribution in [0.5, 0.6) is 0 Å². The number of hydrogen-bond donors (Lipinski definition) is 1. The molecule has 1 aromatic heterocycles. The van der Waals surface area contributed by atoms with Crippen molar-refractivity contribution >= 4 is 16.3 Å². The highest BCUT2D eigenvalue weighted by molar-refractivity contribution is 7.16. The standard InChI is InChI=1S/C15H18N2S/c16-15-10-13-6-8-17(9-7-14(13)18-15)11-12-4-2-1-3-5-12/h1-5,10H,6-9,11,16H2. The van der Waals surface area contributed by atoms with Crippen molar-refractivity contribution < 1.29 is 0 Å². The van der Waals surface area contributed by atoms with Crippen LogP contribution in [0.25, 0.3) is 0 Å². The van der Waals surface area contributed by atoms with Gasteiger partial charge in [0.05, 0.1) is 5.00 Å². The third-order valence-corrected chi connectivity index (χ3v) is 4.58. The minimum Gasteiger partial charge on any atom is -0.391 e. The zero-order valence-corrected chi connectivity index (χ0v) is 11.2. The molecule has 0 unspecified atom stereocenters. The van der Waals surface area contributed by atoms with Crippen molar-refractivity contribution in [3.8, 4) is 0 Å². The van der Waals surface area contributed by atoms with Crippen LogP contribution in [0.15, 0.2) is 36.4 Å². The monoisotopic (exact) mass is 258 g/mol. The molecule has 1 aromatic carbocycles. The van der Waals surface area contributed by atoms with Gasteiger partial charge in [-0.15, -0.1) is 11.3 Å². The van der Waals surface area contributed by atoms with Gasteiger partial charge in [-0.05, 0) is 30.0 Å². The molecule has 0 bridgehead atoms. The molecular weight excluding hydrogens is 240 g/mol. The fraction of sp³-hybridized carbons (Fsp3) is 0.333. The van der Waals surface area contributed by atoms with Crippen molar-refractivity contribution in [2.75, 3.05) is 18.8 Å². The van der Waals surface area contributed by atoms with Crippen LogP contribution < -0.4 is 5.73 Å². The van der Waals surface area contributed by atoms with Gasteiger partial charge in [0.1, 0.15) is 0 Å². The number of anilines is 1. The van der Waals surface area contributed by atoms with Gasteiger partial charge in [-0.2, -0.15) is 0 Å². The second-order valence-corrected chi connectivity index (χ2v) is 6.03. The molecular formula is C15H18N2S. The predicted octanol–water partition coefficient (Wildman–Crippen LogP) is 2.93. The zero-order valence-electron chi connectivity index (χ0n) is 10.4. The van der Waals surface area contributed by atoms with E-state index in [0.717, 1.165) is 37.5 Å². The number of nitrogen functional groups attached to an aromatic ring is 1. The van der Waals surface area contributed by atoms with Gasteiger partial charge in [0.25, 0.3) is 0 Å². The second kappa shape index (κ2) is 5.12. The van der Waals surface area contributed by atoms with E-state index in [2.05, 4.69) is 41.3 Å². The maximum absolute atomic E-state index is 5.87. The summed E-state index contributed by atoms with van der Waals surface area (Å²) in [7, 11) is 0. The van der Waals surface area contributed by atoms with Gasteiger partial charge in [-0.25, -0.2) is 0 Å². The maximum Gasteiger partial charge on any atom is 0.0862 e. The van der Waals surface area contributed by atoms with Gasteiger partial charge in [-0.1, -0.05) is 30.3 Å². The molecule has 0 spiro atoms. The van der Waals surface area contributed by atoms with E-state index in [-0.39, 0.29) is 0 Å². The summed E-state index contributed by atoms with van der Waals surface area (Å²) in [6.45, 7) is 3.34. The fourth-order valence-electron chi connectivity index (χ4n) is 2.56. The smallest absolute Gasteiger partial charge is 0.0862 e. The van der Waals surface area contributed by atoms with E-state index in [9.17, 15) is 0 Å². The lowest BCUT2D eigenvalue weighted by Gasteiger charge is -2.19. The van der Waals surface area contributed by atoms with Gasteiger partial charge >= 0.3 is 0 Å². The predicted molar refractivity (Wildman–Crippen MR) is 77.9 cm³/mol. The molecule has 1 aliphatic rings. The Morgan fingerprint density at radius 2 is 1.89 bits per heavy atom. The molecule has 3 rings (SSSR count). The molecule has 0 saturated heterocycles. The number of nitrogens with two attached hydrogens (primary N) is 1. The van der Waals surface area contributed by atoms with E-state index < -0.39 is 0 Å². The maximum atomic E-state index is 5.87. The molecule has 2 nitrogen and oxygen atoms in total. The highest BCUT2D eigenvalue weighted by Crippen LogP contribution is 2.28. The molecule has 2 heterocycles. The van der Waals surface area contributed by atoms with Crippen LogP contribution >= 0.6 is 11.3 Å². The van der Waals surface area contributed by atoms with E-state index >= 15 is 0 Å². The van der Waals surface area contributed by atoms with Gasteiger partial charge in [-0.3, -0.25) is 4.90 Å². The number of rotatable bonds is 2. The molecule has 3 heteroatoms. The van der Waals surface area contributed by atoms with E-state index in [4.69, 9.17) is 5.73 Å². The molecule has 94 valence electrons. The SMILES string of the molecule is Nc1cc2c(s1)CCN(Cc1ccccc1)CC2. The average molecular weight is 258 g/mol. The summed E-state index contributed by atoms with van der Waals surface area (Å²) in [6, 6.07) is 12.9. The summed E-state index contributed by atoms with van der Waals surface area (Å²) in [6.07, 6.45) is 2.28. The Bertz CT molecular complexity index is 493. The van der Waals surface area contributed by atoms with Crippen molar-refractivity contribution in [2.45, 2.75) is 19.4 Å². The molecule has 0 radical (unpaired) electrons. The first-order valence-corrected chi connectivity index (χ1v) is 7.26. The average Bonchev–Trinajstić information content (AvgIpc) is 2.65. The van der Waals surface area contributed by atoms with Crippen LogP contribution in [0.1, 0.15) is 16.0 Å². The first-order valence-electron chi connectivity index (χ1n) is 6.44. The Morgan fingerprint density at radius 1 is 1.11 bits per heavy atom. The quantitative estimate of drug-likeness (QED) is 0.897. The van der Waals surface area contributed by atoms with E-state index in [0.29, 0.717) is 0 Å². The number of thiophene rings is 1. The summed E-state index contributed by atoms with van der Waals surface area (Å²) >= 11 is 1.76. The Morgan fingerprint density at radius 3 is 2.72 bits per heavy atom. The molecule has 2 aromatic rings. The summed E-state index contributed by atoms with van der Waals surface area (Å²) in [5, 5.41) is 0.969. The van der Waals surface area contributed by atoms with E-state index in [1.54, 1.807) is 11.3 Å². The lowest BCUT2D eigenvalue weighted by Crippen LogP contribution is -2.25. The van der Waals surface area contributed by atoms with Crippen molar-refractivity contribution in [1.29, 1.82) is 0 Å². The van der Waals surface area contributed by atoms with Crippen molar-refractivity contribution in [3.05, 3.63) is 52.4 Å². The number of fused-ring (bicyclic) bond motifs is 1. The lowest BCUT2D eigenvalue weighted by atomic mass is 10.2. The van der Waals surface area contributed by atoms with Crippen LogP contribution in [0.2, 0.25) is 0 Å². The molecule has 18 heavy (non-hydrogen) atoms. The molecule has 0 fully saturated rings. The minimum absolute atomic E-state index is 0.969. The van der Waals surface area contributed by atoms with Gasteiger partial charge in [0.2, 0.25) is 0 Å². The van der Waals surface area contributed by atoms with Crippen molar-refractivity contribution in [2.24, 2.45) is 0 Å². The largest absolute Gasteiger partial charge is 0.391 e. The highest BCUT2D eigenvalue weighted by atomic mass is 32.1. The summed E-state index contributed by atoms with van der Waals surface area (Å²) in [5.74, 6) is 0. The highest BCUT2D eigenvalue weighted by Gasteiger charge is 2.16. The van der Waals surface area contributed by atoms with Crippen LogP contribution in [0.4, 0.5) is 5.00 Å². The Hall–Kier alpha value is -1.32. The summed E-state index contributed by atoms with van der Waals surface area (Å²) < 4.78 is 0. The van der Waals surface area contributed by atoms with E-state index in [1.807, 2.05) is 0 Å². The van der Waals surface area contributed by atoms with Crippen LogP contribution in [0, 0.1) is 0 Å². The van der Waals surface area contributed by atoms with Crippen LogP contribution in [-0.4, -0.2) is 18.0 Å². The second-order valence-electron chi connectivity index (χ2n) is 4.86. The number of nitrogens with zero attached hydrogens (tertiary/aromatic N) is 1. The summed E-state index contributed by atoms with van der Waals surface area (Å²) in [4.78, 5) is 4.03. The third-order valence-electron chi connectivity index (χ3n) is 3.52. The molecule has 0 aliphatic carbocycles. The fourth-order valence-corrected chi connectivity index (χ4v) is 3.53. The minimum atomic E-state index is 0.969. The Balaban J connectivity index is 1.66. The summed E-state index contributed by atoms with van der Waals surface area (Å²) in [5.41, 5.74) is 8.74. The van der Waals surface area contributed by atoms with E-state index in [1.165, 1.54) is 16.0 Å². The molecule has 0 atom stereocenters. The Labute approximate surface area is 112 Å². The lowest BCUT2D eigenvalue weighted by molar-refractivity contribution is 0.279. The topological polar surface area (TPSA) is 29.3 Å². The zero-order chi connectivity index (χ0) is 12.4. The van der Waals surface area contributed by atoms with Crippen LogP contribution in [0.3, 0.4) is 0 Å². The first kappa shape index (κ1) is 11.8. The molecule has 1 aliphatic heterocycles. The van der Waals surface area contributed by atoms with Gasteiger partial charge in [0, 0.05) is 24.5 Å².